The van der Waals surface area contributed by atoms with E-state index in [1.165, 1.54) is 32.1 Å². The molecule has 4 heteroatoms. The lowest BCUT2D eigenvalue weighted by molar-refractivity contribution is -0.137. The molecule has 0 aliphatic heterocycles. The largest absolute Gasteiger partial charge is 0.481 e. The Morgan fingerprint density at radius 1 is 0.944 bits per heavy atom. The van der Waals surface area contributed by atoms with Crippen molar-refractivity contribution in [2.75, 3.05) is 0 Å². The summed E-state index contributed by atoms with van der Waals surface area (Å²) < 4.78 is 0. The maximum absolute atomic E-state index is 10.4. The van der Waals surface area contributed by atoms with Gasteiger partial charge in [0, 0.05) is 17.2 Å². The molecule has 0 aromatic rings. The second-order valence-electron chi connectivity index (χ2n) is 4.87. The van der Waals surface area contributed by atoms with E-state index in [-0.39, 0.29) is 17.2 Å². The second-order valence-corrected chi connectivity index (χ2v) is 6.00. The molecule has 0 saturated carbocycles. The fourth-order valence-corrected chi connectivity index (χ4v) is 2.49. The lowest BCUT2D eigenvalue weighted by Gasteiger charge is -2.15. The van der Waals surface area contributed by atoms with Gasteiger partial charge in [-0.2, -0.15) is 0 Å². The van der Waals surface area contributed by atoms with Crippen molar-refractivity contribution in [3.05, 3.63) is 0 Å². The summed E-state index contributed by atoms with van der Waals surface area (Å²) in [5, 5.41) is 8.42. The van der Waals surface area contributed by atoms with Crippen LogP contribution in [0.15, 0.2) is 0 Å². The van der Waals surface area contributed by atoms with Crippen molar-refractivity contribution in [1.82, 2.24) is 0 Å². The van der Waals surface area contributed by atoms with Crippen LogP contribution in [-0.2, 0) is 4.79 Å². The Kier molecular flexibility index (Phi) is 12.1. The van der Waals surface area contributed by atoms with Crippen LogP contribution in [0.5, 0.6) is 0 Å². The number of carboxylic acid groups (broad SMARTS) is 1. The van der Waals surface area contributed by atoms with Crippen molar-refractivity contribution >= 4 is 29.2 Å². The van der Waals surface area contributed by atoms with Gasteiger partial charge in [0.05, 0.1) is 0 Å². The molecule has 0 saturated heterocycles. The number of rotatable bonds is 12. The van der Waals surface area contributed by atoms with Crippen LogP contribution >= 0.6 is 23.2 Å². The Morgan fingerprint density at radius 3 is 2.00 bits per heavy atom. The highest BCUT2D eigenvalue weighted by atomic mass is 35.5. The van der Waals surface area contributed by atoms with Crippen molar-refractivity contribution in [2.24, 2.45) is 0 Å². The summed E-state index contributed by atoms with van der Waals surface area (Å²) in [6.07, 6.45) is 9.96. The molecule has 0 aromatic carbocycles. The van der Waals surface area contributed by atoms with Crippen molar-refractivity contribution in [3.8, 4) is 0 Å². The highest BCUT2D eigenvalue weighted by Crippen LogP contribution is 2.22. The standard InChI is InChI=1S/C14H26Cl2O2/c1-2-3-4-5-6-7-9-12(15)13(16)10-8-11-14(17)18/h12-13H,2-11H2,1H3,(H,17,18)/t12-,13-/m0/s1. The van der Waals surface area contributed by atoms with Gasteiger partial charge in [-0.05, 0) is 19.3 Å². The molecular formula is C14H26Cl2O2. The summed E-state index contributed by atoms with van der Waals surface area (Å²) in [6.45, 7) is 2.21. The molecule has 0 aromatic heterocycles. The summed E-state index contributed by atoms with van der Waals surface area (Å²) in [5.74, 6) is -0.763. The Labute approximate surface area is 121 Å². The van der Waals surface area contributed by atoms with E-state index in [0.717, 1.165) is 12.8 Å². The van der Waals surface area contributed by atoms with Crippen molar-refractivity contribution < 1.29 is 9.90 Å². The van der Waals surface area contributed by atoms with E-state index in [0.29, 0.717) is 12.8 Å². The van der Waals surface area contributed by atoms with E-state index in [1.807, 2.05) is 0 Å². The minimum Gasteiger partial charge on any atom is -0.481 e. The quantitative estimate of drug-likeness (QED) is 0.397. The summed E-state index contributed by atoms with van der Waals surface area (Å²) in [5.41, 5.74) is 0. The second kappa shape index (κ2) is 12.1. The van der Waals surface area contributed by atoms with Gasteiger partial charge in [-0.15, -0.1) is 23.2 Å². The Bertz CT molecular complexity index is 210. The summed E-state index contributed by atoms with van der Waals surface area (Å²) in [7, 11) is 0. The van der Waals surface area contributed by atoms with Crippen LogP contribution in [0.4, 0.5) is 0 Å². The maximum atomic E-state index is 10.4. The number of halogens is 2. The van der Waals surface area contributed by atoms with Gasteiger partial charge >= 0.3 is 5.97 Å². The molecule has 0 radical (unpaired) electrons. The summed E-state index contributed by atoms with van der Waals surface area (Å²) in [4.78, 5) is 10.4. The molecule has 2 nitrogen and oxygen atoms in total. The predicted molar refractivity (Wildman–Crippen MR) is 78.8 cm³/mol. The molecule has 1 N–H and O–H groups in total. The molecule has 0 fully saturated rings. The van der Waals surface area contributed by atoms with Gasteiger partial charge in [-0.1, -0.05) is 45.4 Å². The van der Waals surface area contributed by atoms with Gasteiger partial charge in [0.1, 0.15) is 0 Å². The normalized spacial score (nSPS) is 14.4. The summed E-state index contributed by atoms with van der Waals surface area (Å²) >= 11 is 12.4. The smallest absolute Gasteiger partial charge is 0.303 e. The molecule has 0 bridgehead atoms. The first-order valence-electron chi connectivity index (χ1n) is 7.07. The predicted octanol–water partition coefficient (Wildman–Crippen LogP) is 5.21. The Hall–Kier alpha value is 0.0500. The van der Waals surface area contributed by atoms with Crippen LogP contribution in [-0.4, -0.2) is 21.8 Å². The van der Waals surface area contributed by atoms with Crippen LogP contribution < -0.4 is 0 Å². The maximum Gasteiger partial charge on any atom is 0.303 e. The molecule has 0 rings (SSSR count). The molecule has 108 valence electrons. The van der Waals surface area contributed by atoms with Crippen LogP contribution in [0.25, 0.3) is 0 Å². The molecule has 0 heterocycles. The topological polar surface area (TPSA) is 37.3 Å². The first-order chi connectivity index (χ1) is 8.57. The van der Waals surface area contributed by atoms with E-state index in [9.17, 15) is 4.79 Å². The lowest BCUT2D eigenvalue weighted by Crippen LogP contribution is -2.15. The third-order valence-corrected chi connectivity index (χ3v) is 4.27. The monoisotopic (exact) mass is 296 g/mol. The minimum absolute atomic E-state index is 0.0216. The molecular weight excluding hydrogens is 271 g/mol. The molecule has 0 aliphatic carbocycles. The average Bonchev–Trinajstić information content (AvgIpc) is 2.32. The van der Waals surface area contributed by atoms with E-state index in [1.54, 1.807) is 0 Å². The van der Waals surface area contributed by atoms with Gasteiger partial charge < -0.3 is 5.11 Å². The summed E-state index contributed by atoms with van der Waals surface area (Å²) in [6, 6.07) is 0. The Morgan fingerprint density at radius 2 is 1.44 bits per heavy atom. The Balaban J connectivity index is 3.43. The highest BCUT2D eigenvalue weighted by molar-refractivity contribution is 6.29. The SMILES string of the molecule is CCCCCCCC[C@H](Cl)[C@@H](Cl)CCCC(=O)O. The first kappa shape index (κ1) is 18.0. The molecule has 0 aliphatic rings. The zero-order valence-electron chi connectivity index (χ0n) is 11.3. The van der Waals surface area contributed by atoms with Crippen LogP contribution in [0.2, 0.25) is 0 Å². The van der Waals surface area contributed by atoms with Gasteiger partial charge in [0.25, 0.3) is 0 Å². The molecule has 0 unspecified atom stereocenters. The van der Waals surface area contributed by atoms with E-state index in [4.69, 9.17) is 28.3 Å². The van der Waals surface area contributed by atoms with Crippen LogP contribution in [0.1, 0.15) is 71.1 Å². The number of carbonyl (C=O) groups is 1. The first-order valence-corrected chi connectivity index (χ1v) is 7.95. The van der Waals surface area contributed by atoms with Crippen LogP contribution in [0, 0.1) is 0 Å². The molecule has 2 atom stereocenters. The highest BCUT2D eigenvalue weighted by Gasteiger charge is 2.16. The minimum atomic E-state index is -0.763. The van der Waals surface area contributed by atoms with Crippen molar-refractivity contribution in [3.63, 3.8) is 0 Å². The number of carboxylic acids is 1. The van der Waals surface area contributed by atoms with E-state index in [2.05, 4.69) is 6.92 Å². The number of hydrogen-bond donors (Lipinski definition) is 1. The van der Waals surface area contributed by atoms with Crippen molar-refractivity contribution in [1.29, 1.82) is 0 Å². The fraction of sp³-hybridized carbons (Fsp3) is 0.929. The fourth-order valence-electron chi connectivity index (χ4n) is 1.93. The molecule has 0 amide bonds. The molecule has 18 heavy (non-hydrogen) atoms. The third kappa shape index (κ3) is 11.2. The van der Waals surface area contributed by atoms with E-state index >= 15 is 0 Å². The van der Waals surface area contributed by atoms with Gasteiger partial charge in [-0.25, -0.2) is 0 Å². The number of hydrogen-bond acceptors (Lipinski definition) is 1. The van der Waals surface area contributed by atoms with Crippen molar-refractivity contribution in [2.45, 2.75) is 81.9 Å². The number of unbranched alkanes of at least 4 members (excludes halogenated alkanes) is 5. The number of aliphatic carboxylic acids is 1. The zero-order chi connectivity index (χ0) is 13.8. The van der Waals surface area contributed by atoms with E-state index < -0.39 is 5.97 Å². The van der Waals surface area contributed by atoms with Gasteiger partial charge in [0.2, 0.25) is 0 Å². The molecule has 0 spiro atoms. The number of alkyl halides is 2. The van der Waals surface area contributed by atoms with Crippen LogP contribution in [0.3, 0.4) is 0 Å². The zero-order valence-corrected chi connectivity index (χ0v) is 12.8. The van der Waals surface area contributed by atoms with Gasteiger partial charge in [-0.3, -0.25) is 4.79 Å². The van der Waals surface area contributed by atoms with Gasteiger partial charge in [0.15, 0.2) is 0 Å². The average molecular weight is 297 g/mol. The third-order valence-electron chi connectivity index (χ3n) is 3.10. The lowest BCUT2D eigenvalue weighted by atomic mass is 10.0.